The lowest BCUT2D eigenvalue weighted by Crippen LogP contribution is -2.41. The topological polar surface area (TPSA) is 99.9 Å². The maximum atomic E-state index is 14.4. The molecular formula is C22H20ClFN6O2. The summed E-state index contributed by atoms with van der Waals surface area (Å²) in [6.45, 7) is 1.73. The fourth-order valence-corrected chi connectivity index (χ4v) is 4.15. The van der Waals surface area contributed by atoms with Gasteiger partial charge in [0, 0.05) is 43.0 Å². The number of carbonyl (C=O) groups excluding carboxylic acids is 1. The van der Waals surface area contributed by atoms with Crippen LogP contribution in [0.15, 0.2) is 47.5 Å². The number of H-pyrrole nitrogens is 1. The highest BCUT2D eigenvalue weighted by Crippen LogP contribution is 2.28. The number of hydrogen-bond donors (Lipinski definition) is 2. The van der Waals surface area contributed by atoms with E-state index in [0.717, 1.165) is 24.4 Å². The van der Waals surface area contributed by atoms with Gasteiger partial charge in [0.05, 0.1) is 17.5 Å². The maximum Gasteiger partial charge on any atom is 0.289 e. The Morgan fingerprint density at radius 2 is 2.28 bits per heavy atom. The van der Waals surface area contributed by atoms with E-state index in [2.05, 4.69) is 25.3 Å². The van der Waals surface area contributed by atoms with Crippen molar-refractivity contribution >= 4 is 34.4 Å². The first-order chi connectivity index (χ1) is 15.6. The van der Waals surface area contributed by atoms with Crippen LogP contribution in [0.2, 0.25) is 5.02 Å². The summed E-state index contributed by atoms with van der Waals surface area (Å²) in [6, 6.07) is 5.13. The molecule has 1 aliphatic heterocycles. The normalized spacial score (nSPS) is 16.4. The van der Waals surface area contributed by atoms with Gasteiger partial charge in [0.1, 0.15) is 5.65 Å². The Kier molecular flexibility index (Phi) is 5.48. The van der Waals surface area contributed by atoms with E-state index in [1.807, 2.05) is 0 Å². The van der Waals surface area contributed by atoms with Crippen molar-refractivity contribution in [1.82, 2.24) is 24.8 Å². The Balaban J connectivity index is 1.30. The van der Waals surface area contributed by atoms with Crippen molar-refractivity contribution in [2.24, 2.45) is 5.92 Å². The number of anilines is 1. The molecule has 1 fully saturated rings. The summed E-state index contributed by atoms with van der Waals surface area (Å²) in [5, 5.41) is 4.35. The number of aromatic amines is 1. The van der Waals surface area contributed by atoms with E-state index in [0.29, 0.717) is 47.5 Å². The van der Waals surface area contributed by atoms with Crippen molar-refractivity contribution in [3.63, 3.8) is 0 Å². The molecule has 0 aliphatic carbocycles. The molecule has 4 aromatic rings. The van der Waals surface area contributed by atoms with Gasteiger partial charge in [-0.3, -0.25) is 4.79 Å². The van der Waals surface area contributed by atoms with Crippen molar-refractivity contribution in [3.05, 3.63) is 59.7 Å². The molecule has 1 unspecified atom stereocenters. The second kappa shape index (κ2) is 8.58. The molecule has 1 amide bonds. The van der Waals surface area contributed by atoms with Gasteiger partial charge in [0.2, 0.25) is 0 Å². The van der Waals surface area contributed by atoms with Crippen LogP contribution in [0.5, 0.6) is 0 Å². The van der Waals surface area contributed by atoms with Crippen molar-refractivity contribution in [1.29, 1.82) is 0 Å². The van der Waals surface area contributed by atoms with Crippen molar-refractivity contribution in [2.45, 2.75) is 12.8 Å². The lowest BCUT2D eigenvalue weighted by molar-refractivity contribution is 0.0648. The molecule has 0 aromatic carbocycles. The number of nitrogens with zero attached hydrogens (tertiary/aromatic N) is 4. The van der Waals surface area contributed by atoms with Gasteiger partial charge in [-0.15, -0.1) is 0 Å². The van der Waals surface area contributed by atoms with Crippen LogP contribution in [0.25, 0.3) is 22.4 Å². The lowest BCUT2D eigenvalue weighted by atomic mass is 9.97. The Labute approximate surface area is 187 Å². The summed E-state index contributed by atoms with van der Waals surface area (Å²) in [7, 11) is 0. The van der Waals surface area contributed by atoms with Crippen LogP contribution in [-0.2, 0) is 0 Å². The summed E-state index contributed by atoms with van der Waals surface area (Å²) in [5.41, 5.74) is 1.33. The third kappa shape index (κ3) is 4.03. The number of pyridine rings is 1. The van der Waals surface area contributed by atoms with E-state index in [9.17, 15) is 9.18 Å². The number of fused-ring (bicyclic) bond motifs is 1. The second-order valence-electron chi connectivity index (χ2n) is 7.76. The molecule has 0 spiro atoms. The fraction of sp³-hybridized carbons (Fsp3) is 0.273. The standard InChI is InChI=1S/C22H20ClFN6O2/c23-14-7-15-16(10-27-19(15)26-9-14)20-28-11-17(24)21(29-20)25-8-13-3-1-5-30(12-13)22(31)18-4-2-6-32-18/h2,4,6-7,9-11,13H,1,3,5,8,12H2,(H,26,27)(H,25,28,29). The van der Waals surface area contributed by atoms with Gasteiger partial charge < -0.3 is 19.6 Å². The number of likely N-dealkylation sites (tertiary alicyclic amines) is 1. The van der Waals surface area contributed by atoms with Crippen LogP contribution < -0.4 is 5.32 Å². The monoisotopic (exact) mass is 454 g/mol. The van der Waals surface area contributed by atoms with Crippen LogP contribution in [0.1, 0.15) is 23.4 Å². The van der Waals surface area contributed by atoms with Crippen LogP contribution >= 0.6 is 11.6 Å². The first kappa shape index (κ1) is 20.4. The van der Waals surface area contributed by atoms with Gasteiger partial charge in [-0.2, -0.15) is 0 Å². The predicted molar refractivity (Wildman–Crippen MR) is 118 cm³/mol. The zero-order chi connectivity index (χ0) is 22.1. The van der Waals surface area contributed by atoms with Gasteiger partial charge in [-0.25, -0.2) is 19.3 Å². The fourth-order valence-electron chi connectivity index (χ4n) is 4.00. The Morgan fingerprint density at radius 1 is 1.38 bits per heavy atom. The van der Waals surface area contributed by atoms with Gasteiger partial charge >= 0.3 is 0 Å². The summed E-state index contributed by atoms with van der Waals surface area (Å²) in [4.78, 5) is 30.1. The predicted octanol–water partition coefficient (Wildman–Crippen LogP) is 4.37. The number of piperidine rings is 1. The molecule has 32 heavy (non-hydrogen) atoms. The number of rotatable bonds is 5. The Morgan fingerprint density at radius 3 is 3.12 bits per heavy atom. The number of carbonyl (C=O) groups is 1. The average molecular weight is 455 g/mol. The SMILES string of the molecule is O=C(c1ccco1)N1CCCC(CNc2nc(-c3c[nH]c4ncc(Cl)cc34)ncc2F)C1. The lowest BCUT2D eigenvalue weighted by Gasteiger charge is -2.32. The Hall–Kier alpha value is -3.46. The van der Waals surface area contributed by atoms with Crippen molar-refractivity contribution < 1.29 is 13.6 Å². The number of halogens is 2. The molecule has 164 valence electrons. The summed E-state index contributed by atoms with van der Waals surface area (Å²) < 4.78 is 19.7. The number of amides is 1. The van der Waals surface area contributed by atoms with Crippen LogP contribution in [0.4, 0.5) is 10.2 Å². The number of furan rings is 1. The molecule has 0 saturated carbocycles. The highest BCUT2D eigenvalue weighted by Gasteiger charge is 2.26. The minimum Gasteiger partial charge on any atom is -0.459 e. The van der Waals surface area contributed by atoms with E-state index >= 15 is 0 Å². The molecule has 1 saturated heterocycles. The summed E-state index contributed by atoms with van der Waals surface area (Å²) in [5.74, 6) is 0.317. The van der Waals surface area contributed by atoms with E-state index in [1.54, 1.807) is 35.5 Å². The molecule has 0 bridgehead atoms. The Bertz CT molecular complexity index is 1260. The minimum absolute atomic E-state index is 0.119. The van der Waals surface area contributed by atoms with Gasteiger partial charge in [-0.1, -0.05) is 11.6 Å². The molecule has 5 rings (SSSR count). The largest absolute Gasteiger partial charge is 0.459 e. The van der Waals surface area contributed by atoms with Gasteiger partial charge in [-0.05, 0) is 37.0 Å². The van der Waals surface area contributed by atoms with Crippen molar-refractivity contribution in [2.75, 3.05) is 25.0 Å². The van der Waals surface area contributed by atoms with Crippen LogP contribution in [-0.4, -0.2) is 50.4 Å². The van der Waals surface area contributed by atoms with Gasteiger partial charge in [0.15, 0.2) is 23.2 Å². The molecule has 1 aliphatic rings. The van der Waals surface area contributed by atoms with Crippen LogP contribution in [0, 0.1) is 11.7 Å². The first-order valence-electron chi connectivity index (χ1n) is 10.3. The highest BCUT2D eigenvalue weighted by atomic mass is 35.5. The number of aromatic nitrogens is 4. The molecule has 8 nitrogen and oxygen atoms in total. The van der Waals surface area contributed by atoms with E-state index in [4.69, 9.17) is 16.0 Å². The third-order valence-corrected chi connectivity index (χ3v) is 5.79. The zero-order valence-corrected chi connectivity index (χ0v) is 17.8. The number of nitrogens with one attached hydrogen (secondary N) is 2. The minimum atomic E-state index is -0.538. The van der Waals surface area contributed by atoms with E-state index in [-0.39, 0.29) is 17.6 Å². The quantitative estimate of drug-likeness (QED) is 0.464. The highest BCUT2D eigenvalue weighted by molar-refractivity contribution is 6.31. The second-order valence-corrected chi connectivity index (χ2v) is 8.20. The average Bonchev–Trinajstić information content (AvgIpc) is 3.48. The maximum absolute atomic E-state index is 14.4. The van der Waals surface area contributed by atoms with E-state index < -0.39 is 5.82 Å². The smallest absolute Gasteiger partial charge is 0.289 e. The summed E-state index contributed by atoms with van der Waals surface area (Å²) in [6.07, 6.45) is 7.72. The van der Waals surface area contributed by atoms with Crippen LogP contribution in [0.3, 0.4) is 0 Å². The molecular weight excluding hydrogens is 435 g/mol. The molecule has 1 atom stereocenters. The first-order valence-corrected chi connectivity index (χ1v) is 10.7. The van der Waals surface area contributed by atoms with Gasteiger partial charge in [0.25, 0.3) is 5.91 Å². The number of hydrogen-bond acceptors (Lipinski definition) is 6. The molecule has 5 heterocycles. The van der Waals surface area contributed by atoms with E-state index in [1.165, 1.54) is 6.26 Å². The molecule has 2 N–H and O–H groups in total. The summed E-state index contributed by atoms with van der Waals surface area (Å²) >= 11 is 6.07. The zero-order valence-electron chi connectivity index (χ0n) is 17.0. The molecule has 10 heteroatoms. The third-order valence-electron chi connectivity index (χ3n) is 5.58. The van der Waals surface area contributed by atoms with Crippen molar-refractivity contribution in [3.8, 4) is 11.4 Å². The molecule has 4 aromatic heterocycles. The molecule has 0 radical (unpaired) electrons.